The highest BCUT2D eigenvalue weighted by molar-refractivity contribution is 7.22. The standard InChI is InChI=1S/C29H26N2O5S/c1-16(2)36-20-11-9-18(10-12-20)25-24(26(32)19-6-5-7-21(15-19)35-4)27(33)28(34)31(25)29-30-22-13-8-17(3)14-23(22)37-29/h5-16,25,32H,1-4H3/t25-/m1/s1. The second-order valence-electron chi connectivity index (χ2n) is 9.10. The SMILES string of the molecule is COc1cccc(C(O)=C2C(=O)C(=O)N(c3nc4ccc(C)cc4s3)[C@@H]2c2ccc(OC(C)C)cc2)c1. The van der Waals surface area contributed by atoms with Gasteiger partial charge in [-0.1, -0.05) is 41.7 Å². The van der Waals surface area contributed by atoms with Gasteiger partial charge in [0, 0.05) is 5.56 Å². The van der Waals surface area contributed by atoms with Crippen LogP contribution >= 0.6 is 11.3 Å². The largest absolute Gasteiger partial charge is 0.507 e. The first kappa shape index (κ1) is 24.5. The number of benzene rings is 3. The molecule has 1 atom stereocenters. The zero-order chi connectivity index (χ0) is 26.3. The van der Waals surface area contributed by atoms with Crippen molar-refractivity contribution in [3.8, 4) is 11.5 Å². The van der Waals surface area contributed by atoms with E-state index in [-0.39, 0.29) is 17.4 Å². The summed E-state index contributed by atoms with van der Waals surface area (Å²) in [5, 5.41) is 11.7. The number of hydrogen-bond donors (Lipinski definition) is 1. The molecule has 8 heteroatoms. The van der Waals surface area contributed by atoms with Crippen molar-refractivity contribution < 1.29 is 24.2 Å². The minimum absolute atomic E-state index is 0.00393. The number of carbonyl (C=O) groups is 2. The fraction of sp³-hybridized carbons (Fsp3) is 0.207. The summed E-state index contributed by atoms with van der Waals surface area (Å²) in [6.45, 7) is 5.86. The molecule has 0 radical (unpaired) electrons. The monoisotopic (exact) mass is 514 g/mol. The molecule has 2 heterocycles. The number of aromatic nitrogens is 1. The molecule has 3 aromatic carbocycles. The van der Waals surface area contributed by atoms with Crippen LogP contribution in [0, 0.1) is 6.92 Å². The number of Topliss-reactive ketones (excluding diaryl/α,β-unsaturated/α-hetero) is 1. The molecule has 1 aromatic heterocycles. The molecule has 5 rings (SSSR count). The summed E-state index contributed by atoms with van der Waals surface area (Å²) in [4.78, 5) is 32.9. The van der Waals surface area contributed by atoms with Crippen molar-refractivity contribution >= 4 is 44.1 Å². The van der Waals surface area contributed by atoms with Gasteiger partial charge in [0.05, 0.1) is 35.0 Å². The number of anilines is 1. The number of aliphatic hydroxyl groups excluding tert-OH is 1. The van der Waals surface area contributed by atoms with Crippen molar-refractivity contribution in [1.82, 2.24) is 4.98 Å². The quantitative estimate of drug-likeness (QED) is 0.192. The van der Waals surface area contributed by atoms with Gasteiger partial charge in [0.15, 0.2) is 5.13 Å². The van der Waals surface area contributed by atoms with Crippen LogP contribution in [0.2, 0.25) is 0 Å². The smallest absolute Gasteiger partial charge is 0.301 e. The van der Waals surface area contributed by atoms with Crippen molar-refractivity contribution in [3.05, 3.63) is 89.0 Å². The van der Waals surface area contributed by atoms with E-state index in [4.69, 9.17) is 9.47 Å². The highest BCUT2D eigenvalue weighted by atomic mass is 32.1. The number of ketones is 1. The molecule has 0 bridgehead atoms. The molecule has 7 nitrogen and oxygen atoms in total. The van der Waals surface area contributed by atoms with E-state index in [1.165, 1.54) is 23.3 Å². The molecule has 0 unspecified atom stereocenters. The van der Waals surface area contributed by atoms with E-state index >= 15 is 0 Å². The molecule has 1 aliphatic heterocycles. The topological polar surface area (TPSA) is 89.0 Å². The molecule has 0 saturated carbocycles. The van der Waals surface area contributed by atoms with E-state index in [0.29, 0.717) is 27.8 Å². The second-order valence-corrected chi connectivity index (χ2v) is 10.1. The number of thiazole rings is 1. The third-order valence-electron chi connectivity index (χ3n) is 6.09. The Morgan fingerprint density at radius 1 is 1.03 bits per heavy atom. The summed E-state index contributed by atoms with van der Waals surface area (Å²) in [6, 6.07) is 18.9. The van der Waals surface area contributed by atoms with Gasteiger partial charge in [-0.25, -0.2) is 4.98 Å². The molecule has 0 spiro atoms. The lowest BCUT2D eigenvalue weighted by Crippen LogP contribution is -2.29. The summed E-state index contributed by atoms with van der Waals surface area (Å²) >= 11 is 1.33. The number of aryl methyl sites for hydroxylation is 1. The van der Waals surface area contributed by atoms with Crippen molar-refractivity contribution in [1.29, 1.82) is 0 Å². The Labute approximate surface area is 218 Å². The number of rotatable bonds is 6. The summed E-state index contributed by atoms with van der Waals surface area (Å²) in [7, 11) is 1.52. The highest BCUT2D eigenvalue weighted by Crippen LogP contribution is 2.44. The summed E-state index contributed by atoms with van der Waals surface area (Å²) < 4.78 is 12.0. The van der Waals surface area contributed by atoms with Gasteiger partial charge in [-0.05, 0) is 68.3 Å². The minimum Gasteiger partial charge on any atom is -0.507 e. The van der Waals surface area contributed by atoms with E-state index in [1.54, 1.807) is 48.5 Å². The fourth-order valence-electron chi connectivity index (χ4n) is 4.39. The zero-order valence-electron chi connectivity index (χ0n) is 20.9. The summed E-state index contributed by atoms with van der Waals surface area (Å²) in [5.74, 6) is -0.606. The van der Waals surface area contributed by atoms with Gasteiger partial charge in [-0.15, -0.1) is 0 Å². The van der Waals surface area contributed by atoms with Gasteiger partial charge in [0.1, 0.15) is 17.3 Å². The molecular formula is C29H26N2O5S. The average Bonchev–Trinajstić information content (AvgIpc) is 3.41. The van der Waals surface area contributed by atoms with E-state index in [2.05, 4.69) is 4.98 Å². The van der Waals surface area contributed by atoms with Crippen molar-refractivity contribution in [2.24, 2.45) is 0 Å². The minimum atomic E-state index is -0.874. The molecule has 0 aliphatic carbocycles. The third kappa shape index (κ3) is 4.56. The fourth-order valence-corrected chi connectivity index (χ4v) is 5.49. The molecule has 188 valence electrons. The van der Waals surface area contributed by atoms with Crippen LogP contribution in [0.25, 0.3) is 16.0 Å². The Balaban J connectivity index is 1.69. The van der Waals surface area contributed by atoms with Crippen molar-refractivity contribution in [2.75, 3.05) is 12.0 Å². The van der Waals surface area contributed by atoms with Gasteiger partial charge < -0.3 is 14.6 Å². The number of ether oxygens (including phenoxy) is 2. The van der Waals surface area contributed by atoms with Crippen LogP contribution in [0.1, 0.15) is 36.6 Å². The van der Waals surface area contributed by atoms with Crippen LogP contribution in [0.3, 0.4) is 0 Å². The van der Waals surface area contributed by atoms with Crippen LogP contribution in [0.15, 0.2) is 72.3 Å². The maximum Gasteiger partial charge on any atom is 0.301 e. The molecular weight excluding hydrogens is 488 g/mol. The zero-order valence-corrected chi connectivity index (χ0v) is 21.7. The number of carbonyl (C=O) groups excluding carboxylic acids is 2. The van der Waals surface area contributed by atoms with E-state index in [9.17, 15) is 14.7 Å². The molecule has 1 amide bonds. The molecule has 1 N–H and O–H groups in total. The second kappa shape index (κ2) is 9.71. The third-order valence-corrected chi connectivity index (χ3v) is 7.11. The van der Waals surface area contributed by atoms with Crippen LogP contribution < -0.4 is 14.4 Å². The lowest BCUT2D eigenvalue weighted by molar-refractivity contribution is -0.132. The van der Waals surface area contributed by atoms with E-state index < -0.39 is 17.7 Å². The lowest BCUT2D eigenvalue weighted by atomic mass is 9.95. The first-order chi connectivity index (χ1) is 17.8. The van der Waals surface area contributed by atoms with Gasteiger partial charge >= 0.3 is 5.91 Å². The normalized spacial score (nSPS) is 17.1. The number of amides is 1. The first-order valence-electron chi connectivity index (χ1n) is 11.9. The average molecular weight is 515 g/mol. The predicted molar refractivity (Wildman–Crippen MR) is 144 cm³/mol. The number of fused-ring (bicyclic) bond motifs is 1. The first-order valence-corrected chi connectivity index (χ1v) is 12.7. The van der Waals surface area contributed by atoms with Gasteiger partial charge in [0.25, 0.3) is 5.78 Å². The van der Waals surface area contributed by atoms with Crippen LogP contribution in [0.4, 0.5) is 5.13 Å². The highest BCUT2D eigenvalue weighted by Gasteiger charge is 2.48. The Kier molecular flexibility index (Phi) is 6.43. The van der Waals surface area contributed by atoms with Crippen LogP contribution in [-0.4, -0.2) is 35.0 Å². The summed E-state index contributed by atoms with van der Waals surface area (Å²) in [5.41, 5.74) is 2.82. The Morgan fingerprint density at radius 3 is 2.49 bits per heavy atom. The predicted octanol–water partition coefficient (Wildman–Crippen LogP) is 6.03. The van der Waals surface area contributed by atoms with Crippen LogP contribution in [0.5, 0.6) is 11.5 Å². The number of nitrogens with zero attached hydrogens (tertiary/aromatic N) is 2. The molecule has 37 heavy (non-hydrogen) atoms. The van der Waals surface area contributed by atoms with Crippen molar-refractivity contribution in [3.63, 3.8) is 0 Å². The number of hydrogen-bond acceptors (Lipinski definition) is 7. The molecule has 1 saturated heterocycles. The van der Waals surface area contributed by atoms with E-state index in [1.807, 2.05) is 39.0 Å². The number of aliphatic hydroxyl groups is 1. The van der Waals surface area contributed by atoms with Crippen LogP contribution in [-0.2, 0) is 9.59 Å². The number of methoxy groups -OCH3 is 1. The Morgan fingerprint density at radius 2 is 1.78 bits per heavy atom. The van der Waals surface area contributed by atoms with Crippen molar-refractivity contribution in [2.45, 2.75) is 32.9 Å². The molecule has 4 aromatic rings. The molecule has 1 aliphatic rings. The maximum atomic E-state index is 13.5. The van der Waals surface area contributed by atoms with Gasteiger partial charge in [0.2, 0.25) is 0 Å². The summed E-state index contributed by atoms with van der Waals surface area (Å²) in [6.07, 6.45) is -0.00393. The Bertz CT molecular complexity index is 1540. The lowest BCUT2D eigenvalue weighted by Gasteiger charge is -2.23. The molecule has 1 fully saturated rings. The van der Waals surface area contributed by atoms with E-state index in [0.717, 1.165) is 15.8 Å². The van der Waals surface area contributed by atoms with Gasteiger partial charge in [-0.2, -0.15) is 0 Å². The maximum absolute atomic E-state index is 13.5. The van der Waals surface area contributed by atoms with Gasteiger partial charge in [-0.3, -0.25) is 14.5 Å². The Hall–Kier alpha value is -4.17.